The predicted molar refractivity (Wildman–Crippen MR) is 101 cm³/mol. The third kappa shape index (κ3) is 3.10. The summed E-state index contributed by atoms with van der Waals surface area (Å²) < 4.78 is 0. The number of aromatic nitrogens is 2. The Hall–Kier alpha value is -3.03. The molecule has 0 fully saturated rings. The SMILES string of the molecule is O=C(N=Nc1c(O)[nH]c2ccccc12)c1csc(-c2ccc(Cl)cc2)n1. The Bertz CT molecular complexity index is 1130. The Balaban J connectivity index is 1.59. The van der Waals surface area contributed by atoms with E-state index in [1.54, 1.807) is 29.6 Å². The van der Waals surface area contributed by atoms with Crippen LogP contribution in [0, 0.1) is 0 Å². The van der Waals surface area contributed by atoms with Gasteiger partial charge in [-0.3, -0.25) is 4.79 Å². The molecule has 0 saturated heterocycles. The van der Waals surface area contributed by atoms with Crippen LogP contribution >= 0.6 is 22.9 Å². The molecule has 6 nitrogen and oxygen atoms in total. The minimum atomic E-state index is -0.578. The molecule has 0 aliphatic carbocycles. The van der Waals surface area contributed by atoms with E-state index in [-0.39, 0.29) is 17.3 Å². The molecule has 0 unspecified atom stereocenters. The summed E-state index contributed by atoms with van der Waals surface area (Å²) in [5.74, 6) is -0.714. The zero-order valence-corrected chi connectivity index (χ0v) is 14.8. The number of aromatic amines is 1. The van der Waals surface area contributed by atoms with Crippen molar-refractivity contribution in [3.63, 3.8) is 0 Å². The van der Waals surface area contributed by atoms with Crippen molar-refractivity contribution in [2.24, 2.45) is 10.2 Å². The van der Waals surface area contributed by atoms with Crippen LogP contribution in [-0.2, 0) is 0 Å². The summed E-state index contributed by atoms with van der Waals surface area (Å²) in [5, 5.41) is 21.2. The van der Waals surface area contributed by atoms with Crippen LogP contribution in [0.5, 0.6) is 5.88 Å². The summed E-state index contributed by atoms with van der Waals surface area (Å²) in [6.45, 7) is 0. The first-order chi connectivity index (χ1) is 12.6. The molecular formula is C18H11ClN4O2S. The smallest absolute Gasteiger partial charge is 0.314 e. The Labute approximate surface area is 156 Å². The van der Waals surface area contributed by atoms with E-state index in [0.717, 1.165) is 5.56 Å². The van der Waals surface area contributed by atoms with Crippen LogP contribution in [0.15, 0.2) is 64.1 Å². The van der Waals surface area contributed by atoms with Crippen LogP contribution in [0.2, 0.25) is 5.02 Å². The topological polar surface area (TPSA) is 90.7 Å². The van der Waals surface area contributed by atoms with Crippen molar-refractivity contribution in [1.29, 1.82) is 0 Å². The number of aromatic hydroxyl groups is 1. The molecule has 0 bridgehead atoms. The third-order valence-electron chi connectivity index (χ3n) is 3.71. The molecule has 0 atom stereocenters. The number of rotatable bonds is 3. The number of thiazole rings is 1. The molecule has 2 aromatic heterocycles. The number of hydrogen-bond donors (Lipinski definition) is 2. The van der Waals surface area contributed by atoms with Crippen LogP contribution in [0.1, 0.15) is 10.5 Å². The minimum absolute atomic E-state index is 0.136. The average molecular weight is 383 g/mol. The van der Waals surface area contributed by atoms with Crippen LogP contribution in [0.25, 0.3) is 21.5 Å². The number of carbonyl (C=O) groups is 1. The van der Waals surface area contributed by atoms with Crippen LogP contribution in [0.4, 0.5) is 5.69 Å². The zero-order chi connectivity index (χ0) is 18.1. The lowest BCUT2D eigenvalue weighted by molar-refractivity contribution is 0.0991. The maximum Gasteiger partial charge on any atom is 0.314 e. The molecule has 2 N–H and O–H groups in total. The van der Waals surface area contributed by atoms with E-state index in [0.29, 0.717) is 20.9 Å². The standard InChI is InChI=1S/C18H11ClN4O2S/c19-11-7-5-10(6-8-11)18-21-14(9-26-18)16(24)23-22-15-12-3-1-2-4-13(12)20-17(15)25/h1-9,20,25H. The number of carbonyl (C=O) groups excluding carboxylic acids is 1. The summed E-state index contributed by atoms with van der Waals surface area (Å²) in [7, 11) is 0. The molecule has 1 amide bonds. The second kappa shape index (κ2) is 6.70. The van der Waals surface area contributed by atoms with Gasteiger partial charge in [0, 0.05) is 21.4 Å². The molecule has 0 aliphatic heterocycles. The van der Waals surface area contributed by atoms with Crippen molar-refractivity contribution in [3.05, 3.63) is 64.6 Å². The van der Waals surface area contributed by atoms with Crippen molar-refractivity contribution < 1.29 is 9.90 Å². The quantitative estimate of drug-likeness (QED) is 0.453. The number of hydrogen-bond acceptors (Lipinski definition) is 5. The number of para-hydroxylation sites is 1. The van der Waals surface area contributed by atoms with Crippen molar-refractivity contribution >= 4 is 45.4 Å². The molecule has 0 aliphatic rings. The van der Waals surface area contributed by atoms with E-state index in [1.807, 2.05) is 24.3 Å². The maximum atomic E-state index is 12.3. The fraction of sp³-hybridized carbons (Fsp3) is 0. The molecule has 0 spiro atoms. The summed E-state index contributed by atoms with van der Waals surface area (Å²) in [6, 6.07) is 14.4. The van der Waals surface area contributed by atoms with E-state index in [9.17, 15) is 9.90 Å². The van der Waals surface area contributed by atoms with Gasteiger partial charge in [0.05, 0.1) is 5.52 Å². The number of azo groups is 1. The predicted octanol–water partition coefficient (Wildman–Crippen LogP) is 5.57. The Kier molecular flexibility index (Phi) is 4.24. The zero-order valence-electron chi connectivity index (χ0n) is 13.2. The number of amides is 1. The van der Waals surface area contributed by atoms with Crippen molar-refractivity contribution in [2.75, 3.05) is 0 Å². The summed E-state index contributed by atoms with van der Waals surface area (Å²) >= 11 is 7.21. The lowest BCUT2D eigenvalue weighted by Crippen LogP contribution is -1.93. The molecular weight excluding hydrogens is 372 g/mol. The number of halogens is 1. The van der Waals surface area contributed by atoms with Crippen LogP contribution < -0.4 is 0 Å². The molecule has 0 saturated carbocycles. The Morgan fingerprint density at radius 3 is 2.73 bits per heavy atom. The van der Waals surface area contributed by atoms with Gasteiger partial charge < -0.3 is 10.1 Å². The number of fused-ring (bicyclic) bond motifs is 1. The minimum Gasteiger partial charge on any atom is -0.493 e. The Morgan fingerprint density at radius 2 is 1.92 bits per heavy atom. The molecule has 4 rings (SSSR count). The lowest BCUT2D eigenvalue weighted by atomic mass is 10.2. The van der Waals surface area contributed by atoms with Gasteiger partial charge in [0.15, 0.2) is 5.69 Å². The number of H-pyrrole nitrogens is 1. The van der Waals surface area contributed by atoms with Gasteiger partial charge in [-0.2, -0.15) is 0 Å². The van der Waals surface area contributed by atoms with Gasteiger partial charge >= 0.3 is 5.91 Å². The Morgan fingerprint density at radius 1 is 1.15 bits per heavy atom. The van der Waals surface area contributed by atoms with Crippen LogP contribution in [0.3, 0.4) is 0 Å². The first kappa shape index (κ1) is 16.4. The summed E-state index contributed by atoms with van der Waals surface area (Å²) in [6.07, 6.45) is 0. The highest BCUT2D eigenvalue weighted by molar-refractivity contribution is 7.13. The molecule has 128 valence electrons. The van der Waals surface area contributed by atoms with Gasteiger partial charge in [-0.05, 0) is 18.2 Å². The molecule has 0 radical (unpaired) electrons. The second-order valence-electron chi connectivity index (χ2n) is 5.42. The van der Waals surface area contributed by atoms with E-state index in [1.165, 1.54) is 11.3 Å². The molecule has 2 heterocycles. The van der Waals surface area contributed by atoms with Crippen molar-refractivity contribution in [2.45, 2.75) is 0 Å². The lowest BCUT2D eigenvalue weighted by Gasteiger charge is -1.95. The monoisotopic (exact) mass is 382 g/mol. The normalized spacial score (nSPS) is 11.4. The molecule has 2 aromatic carbocycles. The molecule has 4 aromatic rings. The van der Waals surface area contributed by atoms with E-state index in [2.05, 4.69) is 20.2 Å². The fourth-order valence-electron chi connectivity index (χ4n) is 2.46. The van der Waals surface area contributed by atoms with E-state index < -0.39 is 5.91 Å². The first-order valence-electron chi connectivity index (χ1n) is 7.59. The van der Waals surface area contributed by atoms with Gasteiger partial charge in [-0.1, -0.05) is 41.9 Å². The maximum absolute atomic E-state index is 12.3. The first-order valence-corrected chi connectivity index (χ1v) is 8.85. The van der Waals surface area contributed by atoms with Crippen LogP contribution in [-0.4, -0.2) is 21.0 Å². The third-order valence-corrected chi connectivity index (χ3v) is 4.86. The highest BCUT2D eigenvalue weighted by Crippen LogP contribution is 2.35. The second-order valence-corrected chi connectivity index (χ2v) is 6.71. The van der Waals surface area contributed by atoms with E-state index >= 15 is 0 Å². The molecule has 8 heteroatoms. The average Bonchev–Trinajstić information content (AvgIpc) is 3.25. The number of nitrogens with zero attached hydrogens (tertiary/aromatic N) is 3. The summed E-state index contributed by atoms with van der Waals surface area (Å²) in [4.78, 5) is 19.3. The highest BCUT2D eigenvalue weighted by atomic mass is 35.5. The van der Waals surface area contributed by atoms with Crippen molar-refractivity contribution in [3.8, 4) is 16.5 Å². The van der Waals surface area contributed by atoms with Crippen molar-refractivity contribution in [1.82, 2.24) is 9.97 Å². The highest BCUT2D eigenvalue weighted by Gasteiger charge is 2.14. The van der Waals surface area contributed by atoms with Gasteiger partial charge in [-0.25, -0.2) is 4.98 Å². The molecule has 26 heavy (non-hydrogen) atoms. The van der Waals surface area contributed by atoms with Gasteiger partial charge in [-0.15, -0.1) is 21.6 Å². The van der Waals surface area contributed by atoms with Gasteiger partial charge in [0.2, 0.25) is 5.88 Å². The van der Waals surface area contributed by atoms with Gasteiger partial charge in [0.25, 0.3) is 0 Å². The number of benzene rings is 2. The summed E-state index contributed by atoms with van der Waals surface area (Å²) in [5.41, 5.74) is 2.00. The van der Waals surface area contributed by atoms with E-state index in [4.69, 9.17) is 11.6 Å². The number of nitrogens with one attached hydrogen (secondary N) is 1. The fourth-order valence-corrected chi connectivity index (χ4v) is 3.38. The largest absolute Gasteiger partial charge is 0.493 e. The van der Waals surface area contributed by atoms with Gasteiger partial charge in [0.1, 0.15) is 10.7 Å².